The summed E-state index contributed by atoms with van der Waals surface area (Å²) in [6.45, 7) is 5.21. The van der Waals surface area contributed by atoms with Crippen LogP contribution in [-0.4, -0.2) is 36.1 Å². The van der Waals surface area contributed by atoms with E-state index < -0.39 is 0 Å². The van der Waals surface area contributed by atoms with E-state index in [0.29, 0.717) is 24.4 Å². The van der Waals surface area contributed by atoms with Crippen LogP contribution in [0, 0.1) is 0 Å². The van der Waals surface area contributed by atoms with Crippen molar-refractivity contribution < 1.29 is 14.6 Å². The largest absolute Gasteiger partial charge is 0.507 e. The van der Waals surface area contributed by atoms with Gasteiger partial charge in [0, 0.05) is 30.8 Å². The van der Waals surface area contributed by atoms with E-state index in [1.165, 1.54) is 19.3 Å². The van der Waals surface area contributed by atoms with Gasteiger partial charge >= 0.3 is 0 Å². The van der Waals surface area contributed by atoms with Crippen LogP contribution in [0.3, 0.4) is 0 Å². The van der Waals surface area contributed by atoms with Crippen molar-refractivity contribution in [1.29, 1.82) is 0 Å². The topological polar surface area (TPSA) is 49.8 Å². The Morgan fingerprint density at radius 2 is 2.06 bits per heavy atom. The number of phenolic OH excluding ortho intramolecular Hbond substituents is 1. The number of rotatable bonds is 5. The number of aromatic hydroxyl groups is 1. The quantitative estimate of drug-likeness (QED) is 0.814. The molecule has 0 bridgehead atoms. The molecule has 98 valence electrons. The summed E-state index contributed by atoms with van der Waals surface area (Å²) >= 11 is 0. The molecule has 0 atom stereocenters. The first-order chi connectivity index (χ1) is 8.62. The molecule has 4 nitrogen and oxygen atoms in total. The minimum absolute atomic E-state index is 0.0600. The first kappa shape index (κ1) is 14.1. The average molecular weight is 249 g/mol. The van der Waals surface area contributed by atoms with Gasteiger partial charge in [0.05, 0.1) is 7.11 Å². The van der Waals surface area contributed by atoms with Gasteiger partial charge in [0.1, 0.15) is 11.5 Å². The van der Waals surface area contributed by atoms with Crippen LogP contribution in [0.25, 0.3) is 6.08 Å². The Morgan fingerprint density at radius 3 is 2.56 bits per heavy atom. The minimum atomic E-state index is -0.0600. The normalized spacial score (nSPS) is 10.6. The smallest absolute Gasteiger partial charge is 0.246 e. The lowest BCUT2D eigenvalue weighted by atomic mass is 10.1. The van der Waals surface area contributed by atoms with E-state index in [0.717, 1.165) is 0 Å². The fourth-order valence-electron chi connectivity index (χ4n) is 1.59. The van der Waals surface area contributed by atoms with Gasteiger partial charge in [0.25, 0.3) is 0 Å². The molecule has 0 unspecified atom stereocenters. The Morgan fingerprint density at radius 1 is 1.39 bits per heavy atom. The SMILES string of the molecule is CCN(CC)C(=O)C=Cc1ccc(OC)cc1O. The third kappa shape index (κ3) is 3.52. The molecule has 18 heavy (non-hydrogen) atoms. The number of phenols is 1. The van der Waals surface area contributed by atoms with Crippen molar-refractivity contribution in [2.45, 2.75) is 13.8 Å². The lowest BCUT2D eigenvalue weighted by molar-refractivity contribution is -0.125. The average Bonchev–Trinajstić information content (AvgIpc) is 2.38. The first-order valence-electron chi connectivity index (χ1n) is 5.96. The van der Waals surface area contributed by atoms with E-state index in [2.05, 4.69) is 0 Å². The molecule has 1 rings (SSSR count). The minimum Gasteiger partial charge on any atom is -0.507 e. The number of benzene rings is 1. The van der Waals surface area contributed by atoms with Crippen LogP contribution in [0.2, 0.25) is 0 Å². The van der Waals surface area contributed by atoms with Gasteiger partial charge in [-0.2, -0.15) is 0 Å². The van der Waals surface area contributed by atoms with E-state index in [9.17, 15) is 9.90 Å². The summed E-state index contributed by atoms with van der Waals surface area (Å²) in [5.41, 5.74) is 0.594. The maximum absolute atomic E-state index is 11.7. The Balaban J connectivity index is 2.81. The fraction of sp³-hybridized carbons (Fsp3) is 0.357. The molecular weight excluding hydrogens is 230 g/mol. The number of likely N-dealkylation sites (N-methyl/N-ethyl adjacent to an activating group) is 1. The van der Waals surface area contributed by atoms with Crippen molar-refractivity contribution in [2.75, 3.05) is 20.2 Å². The molecule has 1 N–H and O–H groups in total. The van der Waals surface area contributed by atoms with Crippen LogP contribution in [0.1, 0.15) is 19.4 Å². The van der Waals surface area contributed by atoms with E-state index >= 15 is 0 Å². The monoisotopic (exact) mass is 249 g/mol. The first-order valence-corrected chi connectivity index (χ1v) is 5.96. The summed E-state index contributed by atoms with van der Waals surface area (Å²) in [5, 5.41) is 9.73. The van der Waals surface area contributed by atoms with Crippen molar-refractivity contribution in [2.24, 2.45) is 0 Å². The molecule has 4 heteroatoms. The molecule has 0 spiro atoms. The van der Waals surface area contributed by atoms with Crippen molar-refractivity contribution in [3.05, 3.63) is 29.8 Å². The Labute approximate surface area is 107 Å². The highest BCUT2D eigenvalue weighted by molar-refractivity contribution is 5.92. The lowest BCUT2D eigenvalue weighted by Gasteiger charge is -2.15. The third-order valence-electron chi connectivity index (χ3n) is 2.72. The molecule has 0 saturated heterocycles. The van der Waals surface area contributed by atoms with Crippen molar-refractivity contribution in [3.8, 4) is 11.5 Å². The molecule has 0 aliphatic carbocycles. The van der Waals surface area contributed by atoms with E-state index in [-0.39, 0.29) is 11.7 Å². The second-order valence-corrected chi connectivity index (χ2v) is 3.77. The molecule has 1 aromatic rings. The van der Waals surface area contributed by atoms with Gasteiger partial charge in [0.2, 0.25) is 5.91 Å². The molecule has 0 aromatic heterocycles. The van der Waals surface area contributed by atoms with Crippen LogP contribution in [-0.2, 0) is 4.79 Å². The molecule has 1 amide bonds. The van der Waals surface area contributed by atoms with Crippen LogP contribution in [0.4, 0.5) is 0 Å². The number of ether oxygens (including phenoxy) is 1. The van der Waals surface area contributed by atoms with Crippen LogP contribution in [0.15, 0.2) is 24.3 Å². The highest BCUT2D eigenvalue weighted by Crippen LogP contribution is 2.24. The third-order valence-corrected chi connectivity index (χ3v) is 2.72. The standard InChI is InChI=1S/C14H19NO3/c1-4-15(5-2)14(17)9-7-11-6-8-12(18-3)10-13(11)16/h6-10,16H,4-5H2,1-3H3. The number of carbonyl (C=O) groups is 1. The van der Waals surface area contributed by atoms with Crippen molar-refractivity contribution >= 4 is 12.0 Å². The number of hydrogen-bond acceptors (Lipinski definition) is 3. The summed E-state index contributed by atoms with van der Waals surface area (Å²) in [7, 11) is 1.54. The predicted octanol–water partition coefficient (Wildman–Crippen LogP) is 2.28. The van der Waals surface area contributed by atoms with Crippen molar-refractivity contribution in [3.63, 3.8) is 0 Å². The molecule has 0 fully saturated rings. The number of carbonyl (C=O) groups excluding carboxylic acids is 1. The molecular formula is C14H19NO3. The zero-order valence-electron chi connectivity index (χ0n) is 11.0. The Hall–Kier alpha value is -1.97. The van der Waals surface area contributed by atoms with Crippen molar-refractivity contribution in [1.82, 2.24) is 4.90 Å². The van der Waals surface area contributed by atoms with Gasteiger partial charge in [-0.25, -0.2) is 0 Å². The van der Waals surface area contributed by atoms with Gasteiger partial charge in [-0.15, -0.1) is 0 Å². The van der Waals surface area contributed by atoms with Gasteiger partial charge in [-0.1, -0.05) is 0 Å². The maximum Gasteiger partial charge on any atom is 0.246 e. The molecule has 0 radical (unpaired) electrons. The summed E-state index contributed by atoms with van der Waals surface area (Å²) in [4.78, 5) is 13.5. The second-order valence-electron chi connectivity index (χ2n) is 3.77. The number of methoxy groups -OCH3 is 1. The molecule has 0 saturated carbocycles. The van der Waals surface area contributed by atoms with Gasteiger partial charge in [-0.05, 0) is 32.1 Å². The number of amides is 1. The lowest BCUT2D eigenvalue weighted by Crippen LogP contribution is -2.28. The molecule has 0 aliphatic heterocycles. The van der Waals surface area contributed by atoms with E-state index in [4.69, 9.17) is 4.74 Å². The maximum atomic E-state index is 11.7. The zero-order chi connectivity index (χ0) is 13.5. The fourth-order valence-corrected chi connectivity index (χ4v) is 1.59. The summed E-state index contributed by atoms with van der Waals surface area (Å²) in [5.74, 6) is 0.618. The predicted molar refractivity (Wildman–Crippen MR) is 71.6 cm³/mol. The number of hydrogen-bond donors (Lipinski definition) is 1. The van der Waals surface area contributed by atoms with Crippen LogP contribution < -0.4 is 4.74 Å². The van der Waals surface area contributed by atoms with Gasteiger partial charge in [-0.3, -0.25) is 4.79 Å². The highest BCUT2D eigenvalue weighted by atomic mass is 16.5. The van der Waals surface area contributed by atoms with E-state index in [1.807, 2.05) is 13.8 Å². The zero-order valence-corrected chi connectivity index (χ0v) is 11.0. The highest BCUT2D eigenvalue weighted by Gasteiger charge is 2.05. The molecule has 1 aromatic carbocycles. The molecule has 0 heterocycles. The van der Waals surface area contributed by atoms with Gasteiger partial charge < -0.3 is 14.7 Å². The Bertz CT molecular complexity index is 437. The summed E-state index contributed by atoms with van der Waals surface area (Å²) in [6.07, 6.45) is 3.07. The van der Waals surface area contributed by atoms with Crippen LogP contribution >= 0.6 is 0 Å². The van der Waals surface area contributed by atoms with Crippen LogP contribution in [0.5, 0.6) is 11.5 Å². The van der Waals surface area contributed by atoms with E-state index in [1.54, 1.807) is 23.1 Å². The second kappa shape index (κ2) is 6.69. The summed E-state index contributed by atoms with van der Waals surface area (Å²) < 4.78 is 4.99. The van der Waals surface area contributed by atoms with Gasteiger partial charge in [0.15, 0.2) is 0 Å². The Kier molecular flexibility index (Phi) is 5.24. The molecule has 0 aliphatic rings. The summed E-state index contributed by atoms with van der Waals surface area (Å²) in [6, 6.07) is 4.96. The number of nitrogens with zero attached hydrogens (tertiary/aromatic N) is 1.